The number of phenols is 1. The molecular formula is C20H27NO6. The first-order valence-electron chi connectivity index (χ1n) is 8.90. The van der Waals surface area contributed by atoms with Crippen LogP contribution < -0.4 is 0 Å². The van der Waals surface area contributed by atoms with Crippen LogP contribution in [0.5, 0.6) is 5.75 Å². The Balaban J connectivity index is 0.000000387. The number of Topliss-reactive ketones (excluding diaryl/α,β-unsaturated/α-hetero) is 1. The molecule has 1 aliphatic heterocycles. The van der Waals surface area contributed by atoms with Crippen LogP contribution in [0.1, 0.15) is 42.1 Å². The van der Waals surface area contributed by atoms with Gasteiger partial charge in [-0.1, -0.05) is 25.5 Å². The van der Waals surface area contributed by atoms with Gasteiger partial charge in [0.25, 0.3) is 0 Å². The van der Waals surface area contributed by atoms with Crippen LogP contribution in [-0.2, 0) is 9.59 Å². The Kier molecular flexibility index (Phi) is 9.22. The third-order valence-corrected chi connectivity index (χ3v) is 4.29. The number of carbonyl (C=O) groups is 3. The summed E-state index contributed by atoms with van der Waals surface area (Å²) in [6, 6.07) is 5.20. The van der Waals surface area contributed by atoms with Gasteiger partial charge in [-0.05, 0) is 44.5 Å². The lowest BCUT2D eigenvalue weighted by atomic mass is 9.97. The average Bonchev–Trinajstić information content (AvgIpc) is 2.63. The van der Waals surface area contributed by atoms with E-state index >= 15 is 0 Å². The third-order valence-electron chi connectivity index (χ3n) is 4.29. The molecule has 1 aromatic carbocycles. The first-order chi connectivity index (χ1) is 12.7. The zero-order valence-electron chi connectivity index (χ0n) is 15.7. The summed E-state index contributed by atoms with van der Waals surface area (Å²) in [5.74, 6) is -2.20. The Bertz CT molecular complexity index is 676. The topological polar surface area (TPSA) is 115 Å². The van der Waals surface area contributed by atoms with Gasteiger partial charge in [-0.2, -0.15) is 0 Å². The van der Waals surface area contributed by atoms with Crippen molar-refractivity contribution in [1.29, 1.82) is 0 Å². The van der Waals surface area contributed by atoms with Gasteiger partial charge in [-0.15, -0.1) is 0 Å². The highest BCUT2D eigenvalue weighted by Crippen LogP contribution is 2.20. The number of carbonyl (C=O) groups excluding carboxylic acids is 1. The van der Waals surface area contributed by atoms with Crippen molar-refractivity contribution in [3.63, 3.8) is 0 Å². The summed E-state index contributed by atoms with van der Waals surface area (Å²) in [6.07, 6.45) is 4.91. The number of carboxylic acids is 2. The van der Waals surface area contributed by atoms with Crippen LogP contribution in [-0.4, -0.2) is 57.6 Å². The number of aliphatic carboxylic acids is 2. The van der Waals surface area contributed by atoms with Crippen LogP contribution in [0, 0.1) is 12.8 Å². The molecule has 0 aromatic heterocycles. The highest BCUT2D eigenvalue weighted by molar-refractivity contribution is 5.98. The highest BCUT2D eigenvalue weighted by Gasteiger charge is 2.20. The van der Waals surface area contributed by atoms with Crippen molar-refractivity contribution in [2.75, 3.05) is 19.6 Å². The van der Waals surface area contributed by atoms with Crippen LogP contribution in [0.15, 0.2) is 30.4 Å². The third kappa shape index (κ3) is 8.50. The van der Waals surface area contributed by atoms with E-state index in [1.54, 1.807) is 12.1 Å². The number of carboxylic acid groups (broad SMARTS) is 2. The van der Waals surface area contributed by atoms with Gasteiger partial charge in [0.1, 0.15) is 5.75 Å². The summed E-state index contributed by atoms with van der Waals surface area (Å²) in [5, 5.41) is 25.3. The minimum absolute atomic E-state index is 0.0137. The zero-order chi connectivity index (χ0) is 20.4. The van der Waals surface area contributed by atoms with Crippen LogP contribution in [0.3, 0.4) is 0 Å². The molecule has 0 bridgehead atoms. The largest absolute Gasteiger partial charge is 0.508 e. The summed E-state index contributed by atoms with van der Waals surface area (Å²) >= 11 is 0. The number of aryl methyl sites for hydroxylation is 1. The maximum Gasteiger partial charge on any atom is 0.328 e. The Morgan fingerprint density at radius 1 is 1.07 bits per heavy atom. The van der Waals surface area contributed by atoms with Crippen LogP contribution in [0.2, 0.25) is 0 Å². The fourth-order valence-corrected chi connectivity index (χ4v) is 2.80. The second kappa shape index (κ2) is 11.1. The molecule has 1 atom stereocenters. The van der Waals surface area contributed by atoms with E-state index in [1.807, 2.05) is 19.9 Å². The number of benzene rings is 1. The molecule has 0 radical (unpaired) electrons. The van der Waals surface area contributed by atoms with Crippen molar-refractivity contribution in [3.05, 3.63) is 41.5 Å². The van der Waals surface area contributed by atoms with E-state index in [2.05, 4.69) is 4.90 Å². The predicted octanol–water partition coefficient (Wildman–Crippen LogP) is 2.72. The fourth-order valence-electron chi connectivity index (χ4n) is 2.80. The molecule has 0 spiro atoms. The molecule has 1 fully saturated rings. The van der Waals surface area contributed by atoms with E-state index in [1.165, 1.54) is 19.3 Å². The molecule has 0 amide bonds. The van der Waals surface area contributed by atoms with Crippen molar-refractivity contribution < 1.29 is 29.7 Å². The molecule has 27 heavy (non-hydrogen) atoms. The van der Waals surface area contributed by atoms with Crippen molar-refractivity contribution in [3.8, 4) is 5.75 Å². The van der Waals surface area contributed by atoms with E-state index in [9.17, 15) is 19.5 Å². The molecule has 7 heteroatoms. The second-order valence-corrected chi connectivity index (χ2v) is 6.64. The first kappa shape index (κ1) is 22.4. The zero-order valence-corrected chi connectivity index (χ0v) is 15.7. The molecule has 7 nitrogen and oxygen atoms in total. The predicted molar refractivity (Wildman–Crippen MR) is 101 cm³/mol. The van der Waals surface area contributed by atoms with Gasteiger partial charge >= 0.3 is 11.9 Å². The Labute approximate surface area is 158 Å². The van der Waals surface area contributed by atoms with Gasteiger partial charge in [0.05, 0.1) is 0 Å². The minimum atomic E-state index is -1.26. The maximum atomic E-state index is 12.3. The lowest BCUT2D eigenvalue weighted by molar-refractivity contribution is -0.134. The number of hydrogen-bond acceptors (Lipinski definition) is 5. The van der Waals surface area contributed by atoms with Gasteiger partial charge in [-0.25, -0.2) is 9.59 Å². The van der Waals surface area contributed by atoms with E-state index in [-0.39, 0.29) is 17.5 Å². The molecule has 1 saturated heterocycles. The smallest absolute Gasteiger partial charge is 0.328 e. The summed E-state index contributed by atoms with van der Waals surface area (Å²) in [5.41, 5.74) is 1.42. The molecule has 0 aliphatic carbocycles. The number of rotatable bonds is 6. The van der Waals surface area contributed by atoms with Crippen molar-refractivity contribution in [2.24, 2.45) is 5.92 Å². The number of aromatic hydroxyl groups is 1. The quantitative estimate of drug-likeness (QED) is 0.516. The summed E-state index contributed by atoms with van der Waals surface area (Å²) in [4.78, 5) is 33.8. The van der Waals surface area contributed by atoms with Crippen molar-refractivity contribution >= 4 is 17.7 Å². The van der Waals surface area contributed by atoms with Crippen LogP contribution in [0.25, 0.3) is 0 Å². The van der Waals surface area contributed by atoms with Gasteiger partial charge in [-0.3, -0.25) is 4.79 Å². The van der Waals surface area contributed by atoms with E-state index in [4.69, 9.17) is 10.2 Å². The molecule has 2 rings (SSSR count). The minimum Gasteiger partial charge on any atom is -0.508 e. The maximum absolute atomic E-state index is 12.3. The SMILES string of the molecule is Cc1ccc(C(=O)C(C)CN2CCCCC2)cc1O.O=C(O)/C=C\C(=O)O. The lowest BCUT2D eigenvalue weighted by Gasteiger charge is -2.28. The fraction of sp³-hybridized carbons (Fsp3) is 0.450. The molecule has 0 saturated carbocycles. The van der Waals surface area contributed by atoms with Gasteiger partial charge in [0.2, 0.25) is 0 Å². The number of piperidine rings is 1. The lowest BCUT2D eigenvalue weighted by Crippen LogP contribution is -2.35. The standard InChI is InChI=1S/C16H23NO2.C4H4O4/c1-12-6-7-14(10-15(12)18)16(19)13(2)11-17-8-4-3-5-9-17;5-3(6)1-2-4(7)8/h6-7,10,13,18H,3-5,8-9,11H2,1-2H3;1-2H,(H,5,6)(H,7,8)/b;2-1-. The number of phenolic OH excluding ortho intramolecular Hbond substituents is 1. The monoisotopic (exact) mass is 377 g/mol. The number of likely N-dealkylation sites (tertiary alicyclic amines) is 1. The molecule has 1 heterocycles. The molecular weight excluding hydrogens is 350 g/mol. The normalized spacial score (nSPS) is 15.6. The van der Waals surface area contributed by atoms with Gasteiger partial charge < -0.3 is 20.2 Å². The molecule has 3 N–H and O–H groups in total. The molecule has 148 valence electrons. The Hall–Kier alpha value is -2.67. The molecule has 1 aliphatic rings. The Morgan fingerprint density at radius 2 is 1.63 bits per heavy atom. The van der Waals surface area contributed by atoms with Crippen molar-refractivity contribution in [2.45, 2.75) is 33.1 Å². The van der Waals surface area contributed by atoms with E-state index < -0.39 is 11.9 Å². The summed E-state index contributed by atoms with van der Waals surface area (Å²) in [7, 11) is 0. The van der Waals surface area contributed by atoms with Gasteiger partial charge in [0, 0.05) is 30.2 Å². The average molecular weight is 377 g/mol. The number of nitrogens with zero attached hydrogens (tertiary/aromatic N) is 1. The van der Waals surface area contributed by atoms with Crippen LogP contribution in [0.4, 0.5) is 0 Å². The number of ketones is 1. The number of hydrogen-bond donors (Lipinski definition) is 3. The van der Waals surface area contributed by atoms with E-state index in [0.29, 0.717) is 17.7 Å². The summed E-state index contributed by atoms with van der Waals surface area (Å²) < 4.78 is 0. The molecule has 1 unspecified atom stereocenters. The van der Waals surface area contributed by atoms with E-state index in [0.717, 1.165) is 25.2 Å². The highest BCUT2D eigenvalue weighted by atomic mass is 16.4. The Morgan fingerprint density at radius 3 is 2.11 bits per heavy atom. The first-order valence-corrected chi connectivity index (χ1v) is 8.90. The molecule has 1 aromatic rings. The second-order valence-electron chi connectivity index (χ2n) is 6.64. The van der Waals surface area contributed by atoms with Crippen LogP contribution >= 0.6 is 0 Å². The van der Waals surface area contributed by atoms with Crippen molar-refractivity contribution in [1.82, 2.24) is 4.90 Å². The summed E-state index contributed by atoms with van der Waals surface area (Å²) in [6.45, 7) is 6.86. The van der Waals surface area contributed by atoms with Gasteiger partial charge in [0.15, 0.2) is 5.78 Å².